The Kier molecular flexibility index (Phi) is 6.35. The van der Waals surface area contributed by atoms with Crippen LogP contribution in [0.4, 0.5) is 0 Å². The summed E-state index contributed by atoms with van der Waals surface area (Å²) in [6.45, 7) is 0.343. The summed E-state index contributed by atoms with van der Waals surface area (Å²) in [5.74, 6) is 0. The number of halogens is 2. The van der Waals surface area contributed by atoms with E-state index in [0.717, 1.165) is 16.5 Å². The molecule has 6 heteroatoms. The van der Waals surface area contributed by atoms with Gasteiger partial charge < -0.3 is 9.22 Å². The van der Waals surface area contributed by atoms with Crippen LogP contribution in [-0.4, -0.2) is 16.5 Å². The smallest absolute Gasteiger partial charge is 0.362 e. The Labute approximate surface area is 181 Å². The molecule has 0 radical (unpaired) electrons. The van der Waals surface area contributed by atoms with Gasteiger partial charge in [-0.25, -0.2) is 4.98 Å². The fourth-order valence-corrected chi connectivity index (χ4v) is 3.86. The minimum Gasteiger partial charge on any atom is -0.418 e. The number of hydrogen-bond donors (Lipinski definition) is 0. The minimum atomic E-state index is -0.292. The quantitative estimate of drug-likeness (QED) is 0.403. The number of nitrogens with zero attached hydrogens (tertiary/aromatic N) is 2. The summed E-state index contributed by atoms with van der Waals surface area (Å²) in [5, 5.41) is 1.19. The summed E-state index contributed by atoms with van der Waals surface area (Å²) in [6.07, 6.45) is 5.16. The number of imidazole rings is 1. The molecule has 4 rings (SSSR count). The van der Waals surface area contributed by atoms with Crippen molar-refractivity contribution in [2.24, 2.45) is 0 Å². The standard InChI is InChI=1S/C23H19BCl2N2O/c25-20-11-12-21(22(26)15-20)23(16-28-14-13-27-17-28)29-24(18-7-3-1-4-8-18)19-9-5-2-6-10-19/h1-15,17,23H,16H2. The van der Waals surface area contributed by atoms with Gasteiger partial charge in [-0.15, -0.1) is 0 Å². The van der Waals surface area contributed by atoms with Crippen molar-refractivity contribution in [3.63, 3.8) is 0 Å². The molecule has 3 nitrogen and oxygen atoms in total. The number of aromatic nitrogens is 2. The van der Waals surface area contributed by atoms with Crippen LogP contribution in [0.15, 0.2) is 97.6 Å². The molecule has 4 aromatic rings. The van der Waals surface area contributed by atoms with E-state index in [2.05, 4.69) is 29.2 Å². The minimum absolute atomic E-state index is 0.238. The van der Waals surface area contributed by atoms with E-state index in [0.29, 0.717) is 16.6 Å². The highest BCUT2D eigenvalue weighted by Gasteiger charge is 2.27. The van der Waals surface area contributed by atoms with Gasteiger partial charge in [-0.1, -0.05) is 89.9 Å². The topological polar surface area (TPSA) is 27.1 Å². The summed E-state index contributed by atoms with van der Waals surface area (Å²) < 4.78 is 8.72. The molecule has 0 saturated carbocycles. The maximum Gasteiger partial charge on any atom is 0.362 e. The third-order valence-corrected chi connectivity index (χ3v) is 5.31. The molecular formula is C23H19BCl2N2O. The molecule has 0 N–H and O–H groups in total. The highest BCUT2D eigenvalue weighted by Crippen LogP contribution is 2.30. The van der Waals surface area contributed by atoms with Gasteiger partial charge >= 0.3 is 6.92 Å². The molecule has 1 aromatic heterocycles. The molecule has 1 heterocycles. The molecule has 0 aliphatic heterocycles. The van der Waals surface area contributed by atoms with E-state index in [1.807, 2.05) is 59.3 Å². The fraction of sp³-hybridized carbons (Fsp3) is 0.0870. The fourth-order valence-electron chi connectivity index (χ4n) is 3.33. The second kappa shape index (κ2) is 9.32. The molecule has 0 spiro atoms. The van der Waals surface area contributed by atoms with Gasteiger partial charge in [0.15, 0.2) is 0 Å². The van der Waals surface area contributed by atoms with E-state index in [1.165, 1.54) is 0 Å². The van der Waals surface area contributed by atoms with Crippen LogP contribution >= 0.6 is 23.2 Å². The lowest BCUT2D eigenvalue weighted by atomic mass is 9.55. The zero-order valence-electron chi connectivity index (χ0n) is 15.7. The van der Waals surface area contributed by atoms with Gasteiger partial charge in [0.2, 0.25) is 0 Å². The third-order valence-electron chi connectivity index (χ3n) is 4.75. The van der Waals surface area contributed by atoms with Crippen LogP contribution in [0.25, 0.3) is 0 Å². The van der Waals surface area contributed by atoms with Crippen LogP contribution < -0.4 is 10.9 Å². The first-order valence-electron chi connectivity index (χ1n) is 9.37. The second-order valence-electron chi connectivity index (χ2n) is 6.75. The number of rotatable bonds is 7. The van der Waals surface area contributed by atoms with E-state index in [4.69, 9.17) is 27.9 Å². The van der Waals surface area contributed by atoms with Crippen molar-refractivity contribution in [3.8, 4) is 0 Å². The van der Waals surface area contributed by atoms with Crippen LogP contribution in [0.5, 0.6) is 0 Å². The Morgan fingerprint density at radius 1 is 0.897 bits per heavy atom. The lowest BCUT2D eigenvalue weighted by Crippen LogP contribution is -2.46. The van der Waals surface area contributed by atoms with E-state index in [9.17, 15) is 0 Å². The molecule has 144 valence electrons. The SMILES string of the molecule is Clc1ccc(C(Cn2ccnc2)OB(c2ccccc2)c2ccccc2)c(Cl)c1. The Morgan fingerprint density at radius 3 is 2.10 bits per heavy atom. The van der Waals surface area contributed by atoms with E-state index >= 15 is 0 Å². The van der Waals surface area contributed by atoms with Crippen molar-refractivity contribution < 1.29 is 4.65 Å². The van der Waals surface area contributed by atoms with Crippen LogP contribution in [0.1, 0.15) is 11.7 Å². The van der Waals surface area contributed by atoms with Gasteiger partial charge in [0, 0.05) is 22.4 Å². The summed E-state index contributed by atoms with van der Waals surface area (Å²) in [4.78, 5) is 4.15. The average molecular weight is 421 g/mol. The number of hydrogen-bond acceptors (Lipinski definition) is 2. The predicted molar refractivity (Wildman–Crippen MR) is 120 cm³/mol. The summed E-state index contributed by atoms with van der Waals surface area (Å²) >= 11 is 12.7. The molecule has 0 bridgehead atoms. The van der Waals surface area contributed by atoms with Crippen molar-refractivity contribution in [2.75, 3.05) is 0 Å². The summed E-state index contributed by atoms with van der Waals surface area (Å²) in [6, 6.07) is 25.9. The van der Waals surface area contributed by atoms with Gasteiger partial charge in [0.05, 0.1) is 19.0 Å². The molecular weight excluding hydrogens is 402 g/mol. The first-order chi connectivity index (χ1) is 14.2. The largest absolute Gasteiger partial charge is 0.418 e. The van der Waals surface area contributed by atoms with Gasteiger partial charge in [0.1, 0.15) is 0 Å². The Hall–Kier alpha value is -2.53. The normalized spacial score (nSPS) is 11.9. The lowest BCUT2D eigenvalue weighted by Gasteiger charge is -2.25. The number of benzene rings is 3. The third kappa shape index (κ3) is 4.91. The van der Waals surface area contributed by atoms with Crippen molar-refractivity contribution >= 4 is 41.0 Å². The van der Waals surface area contributed by atoms with Crippen LogP contribution in [-0.2, 0) is 11.2 Å². The van der Waals surface area contributed by atoms with Crippen molar-refractivity contribution in [2.45, 2.75) is 12.6 Å². The van der Waals surface area contributed by atoms with Crippen LogP contribution in [0.2, 0.25) is 10.0 Å². The highest BCUT2D eigenvalue weighted by atomic mass is 35.5. The highest BCUT2D eigenvalue weighted by molar-refractivity contribution is 6.80. The molecule has 1 unspecified atom stereocenters. The predicted octanol–water partition coefficient (Wildman–Crippen LogP) is 4.75. The van der Waals surface area contributed by atoms with Gasteiger partial charge in [0.25, 0.3) is 0 Å². The monoisotopic (exact) mass is 420 g/mol. The Morgan fingerprint density at radius 2 is 1.55 bits per heavy atom. The first-order valence-corrected chi connectivity index (χ1v) is 10.1. The lowest BCUT2D eigenvalue weighted by molar-refractivity contribution is 0.190. The van der Waals surface area contributed by atoms with Crippen molar-refractivity contribution in [1.29, 1.82) is 0 Å². The summed E-state index contributed by atoms with van der Waals surface area (Å²) in [5.41, 5.74) is 3.06. The first kappa shape index (κ1) is 19.8. The Bertz CT molecular complexity index is 1000. The van der Waals surface area contributed by atoms with Crippen molar-refractivity contribution in [3.05, 3.63) is 113 Å². The average Bonchev–Trinajstić information content (AvgIpc) is 3.26. The van der Waals surface area contributed by atoms with Crippen molar-refractivity contribution in [1.82, 2.24) is 9.55 Å². The molecule has 0 aliphatic carbocycles. The Balaban J connectivity index is 1.74. The van der Waals surface area contributed by atoms with Crippen LogP contribution in [0.3, 0.4) is 0 Å². The van der Waals surface area contributed by atoms with E-state index in [-0.39, 0.29) is 13.0 Å². The maximum atomic E-state index is 6.73. The molecule has 0 fully saturated rings. The second-order valence-corrected chi connectivity index (χ2v) is 7.60. The van der Waals surface area contributed by atoms with E-state index in [1.54, 1.807) is 18.6 Å². The summed E-state index contributed by atoms with van der Waals surface area (Å²) in [7, 11) is 0. The maximum absolute atomic E-state index is 6.73. The zero-order chi connectivity index (χ0) is 20.1. The van der Waals surface area contributed by atoms with Gasteiger partial charge in [-0.3, -0.25) is 0 Å². The molecule has 1 atom stereocenters. The molecule has 29 heavy (non-hydrogen) atoms. The van der Waals surface area contributed by atoms with Gasteiger partial charge in [-0.2, -0.15) is 0 Å². The van der Waals surface area contributed by atoms with Gasteiger partial charge in [-0.05, 0) is 28.6 Å². The van der Waals surface area contributed by atoms with E-state index < -0.39 is 0 Å². The molecule has 0 amide bonds. The van der Waals surface area contributed by atoms with Crippen LogP contribution in [0, 0.1) is 0 Å². The zero-order valence-corrected chi connectivity index (χ0v) is 17.2. The molecule has 0 aliphatic rings. The molecule has 3 aromatic carbocycles. The molecule has 0 saturated heterocycles.